The number of nitrogens with zero attached hydrogens (tertiary/aromatic N) is 1. The van der Waals surface area contributed by atoms with E-state index >= 15 is 0 Å². The summed E-state index contributed by atoms with van der Waals surface area (Å²) in [7, 11) is 0. The first-order valence-electron chi connectivity index (χ1n) is 7.54. The van der Waals surface area contributed by atoms with E-state index < -0.39 is 4.92 Å². The summed E-state index contributed by atoms with van der Waals surface area (Å²) in [6.07, 6.45) is 3.75. The molecule has 0 heterocycles. The minimum Gasteiger partial charge on any atom is -0.398 e. The number of nitrogens with two attached hydrogens (primary N) is 1. The first-order valence-corrected chi connectivity index (χ1v) is 7.54. The highest BCUT2D eigenvalue weighted by Crippen LogP contribution is 2.63. The molecule has 2 aliphatic carbocycles. The molecule has 3 N–H and O–H groups in total. The van der Waals surface area contributed by atoms with Crippen molar-refractivity contribution in [1.29, 1.82) is 0 Å². The third-order valence-corrected chi connectivity index (χ3v) is 5.73. The fourth-order valence-electron chi connectivity index (χ4n) is 4.65. The lowest BCUT2D eigenvalue weighted by Crippen LogP contribution is -2.45. The summed E-state index contributed by atoms with van der Waals surface area (Å²) in [6, 6.07) is 5.10. The summed E-state index contributed by atoms with van der Waals surface area (Å²) < 4.78 is 0. The second-order valence-corrected chi connectivity index (χ2v) is 7.56. The molecule has 5 nitrogen and oxygen atoms in total. The molecule has 114 valence electrons. The Bertz CT molecular complexity index is 594. The molecular weight excluding hydrogens is 266 g/mol. The lowest BCUT2D eigenvalue weighted by atomic mass is 9.68. The summed E-state index contributed by atoms with van der Waals surface area (Å²) in [4.78, 5) is 10.6. The molecular formula is C16H23N3O2. The predicted octanol–water partition coefficient (Wildman–Crippen LogP) is 3.80. The highest BCUT2D eigenvalue weighted by molar-refractivity contribution is 5.62. The molecule has 0 amide bonds. The molecule has 2 bridgehead atoms. The molecule has 2 fully saturated rings. The van der Waals surface area contributed by atoms with Crippen molar-refractivity contribution in [1.82, 2.24) is 0 Å². The number of non-ortho nitro benzene ring substituents is 1. The summed E-state index contributed by atoms with van der Waals surface area (Å²) >= 11 is 0. The van der Waals surface area contributed by atoms with Gasteiger partial charge in [-0.1, -0.05) is 20.8 Å². The van der Waals surface area contributed by atoms with Gasteiger partial charge in [-0.2, -0.15) is 0 Å². The van der Waals surface area contributed by atoms with Crippen LogP contribution in [0.5, 0.6) is 0 Å². The number of rotatable bonds is 3. The topological polar surface area (TPSA) is 81.2 Å². The van der Waals surface area contributed by atoms with Gasteiger partial charge in [0, 0.05) is 29.5 Å². The number of benzene rings is 1. The highest BCUT2D eigenvalue weighted by Gasteiger charge is 2.59. The zero-order valence-electron chi connectivity index (χ0n) is 12.8. The molecule has 1 aromatic carbocycles. The number of nitrogen functional groups attached to an aromatic ring is 1. The number of nitro groups is 1. The first kappa shape index (κ1) is 14.2. The second-order valence-electron chi connectivity index (χ2n) is 7.56. The summed E-state index contributed by atoms with van der Waals surface area (Å²) in [5.41, 5.74) is 7.51. The molecule has 3 atom stereocenters. The van der Waals surface area contributed by atoms with Gasteiger partial charge < -0.3 is 11.1 Å². The number of anilines is 2. The van der Waals surface area contributed by atoms with Crippen LogP contribution in [0.15, 0.2) is 18.2 Å². The number of hydrogen-bond donors (Lipinski definition) is 2. The Morgan fingerprint density at radius 2 is 2.05 bits per heavy atom. The highest BCUT2D eigenvalue weighted by atomic mass is 16.6. The van der Waals surface area contributed by atoms with E-state index in [4.69, 9.17) is 5.73 Å². The smallest absolute Gasteiger partial charge is 0.273 e. The Kier molecular flexibility index (Phi) is 2.94. The minimum absolute atomic E-state index is 0.0450. The summed E-state index contributed by atoms with van der Waals surface area (Å²) in [5.74, 6) is 0.732. The zero-order chi connectivity index (χ0) is 15.4. The van der Waals surface area contributed by atoms with E-state index in [9.17, 15) is 10.1 Å². The van der Waals surface area contributed by atoms with Crippen LogP contribution in [0.4, 0.5) is 17.1 Å². The van der Waals surface area contributed by atoms with Crippen LogP contribution in [0.25, 0.3) is 0 Å². The summed E-state index contributed by atoms with van der Waals surface area (Å²) in [5, 5.41) is 14.5. The van der Waals surface area contributed by atoms with Crippen molar-refractivity contribution in [2.24, 2.45) is 16.7 Å². The molecule has 0 aliphatic heterocycles. The summed E-state index contributed by atoms with van der Waals surface area (Å²) in [6.45, 7) is 6.95. The van der Waals surface area contributed by atoms with Gasteiger partial charge in [0.25, 0.3) is 5.69 Å². The van der Waals surface area contributed by atoms with Crippen molar-refractivity contribution in [3.63, 3.8) is 0 Å². The molecule has 2 aliphatic rings. The maximum atomic E-state index is 11.0. The SMILES string of the molecule is CC12CCC(C1)C(C)(C)C2Nc1cc(N)cc([N+](=O)[O-])c1. The molecule has 0 radical (unpaired) electrons. The van der Waals surface area contributed by atoms with E-state index in [1.807, 2.05) is 0 Å². The Labute approximate surface area is 125 Å². The van der Waals surface area contributed by atoms with Gasteiger partial charge in [0.05, 0.1) is 4.92 Å². The van der Waals surface area contributed by atoms with Gasteiger partial charge in [-0.05, 0) is 42.1 Å². The molecule has 0 spiro atoms. The second kappa shape index (κ2) is 4.36. The van der Waals surface area contributed by atoms with Crippen molar-refractivity contribution in [2.75, 3.05) is 11.1 Å². The van der Waals surface area contributed by atoms with E-state index in [-0.39, 0.29) is 16.5 Å². The van der Waals surface area contributed by atoms with Crippen molar-refractivity contribution in [2.45, 2.75) is 46.1 Å². The molecule has 3 unspecified atom stereocenters. The molecule has 3 rings (SSSR count). The van der Waals surface area contributed by atoms with Gasteiger partial charge in [0.1, 0.15) is 0 Å². The third-order valence-electron chi connectivity index (χ3n) is 5.73. The molecule has 0 saturated heterocycles. The molecule has 0 aromatic heterocycles. The number of fused-ring (bicyclic) bond motifs is 2. The van der Waals surface area contributed by atoms with Crippen molar-refractivity contribution in [3.8, 4) is 0 Å². The lowest BCUT2D eigenvalue weighted by Gasteiger charge is -2.43. The van der Waals surface area contributed by atoms with Crippen LogP contribution >= 0.6 is 0 Å². The van der Waals surface area contributed by atoms with Crippen LogP contribution in [0.3, 0.4) is 0 Å². The Morgan fingerprint density at radius 3 is 2.62 bits per heavy atom. The van der Waals surface area contributed by atoms with Crippen LogP contribution in [-0.4, -0.2) is 11.0 Å². The first-order chi connectivity index (χ1) is 9.72. The van der Waals surface area contributed by atoms with Gasteiger partial charge in [-0.25, -0.2) is 0 Å². The van der Waals surface area contributed by atoms with Gasteiger partial charge in [0.15, 0.2) is 0 Å². The average Bonchev–Trinajstić information content (AvgIpc) is 2.85. The maximum Gasteiger partial charge on any atom is 0.273 e. The number of hydrogen-bond acceptors (Lipinski definition) is 4. The lowest BCUT2D eigenvalue weighted by molar-refractivity contribution is -0.384. The fourth-order valence-corrected chi connectivity index (χ4v) is 4.65. The quantitative estimate of drug-likeness (QED) is 0.503. The fraction of sp³-hybridized carbons (Fsp3) is 0.625. The molecule has 2 saturated carbocycles. The molecule has 21 heavy (non-hydrogen) atoms. The van der Waals surface area contributed by atoms with E-state index in [1.54, 1.807) is 12.1 Å². The van der Waals surface area contributed by atoms with Crippen molar-refractivity contribution < 1.29 is 4.92 Å². The van der Waals surface area contributed by atoms with Crippen LogP contribution in [0.1, 0.15) is 40.0 Å². The van der Waals surface area contributed by atoms with Gasteiger partial charge in [-0.15, -0.1) is 0 Å². The third kappa shape index (κ3) is 2.15. The normalized spacial score (nSPS) is 33.1. The average molecular weight is 289 g/mol. The largest absolute Gasteiger partial charge is 0.398 e. The monoisotopic (exact) mass is 289 g/mol. The zero-order valence-corrected chi connectivity index (χ0v) is 12.8. The van der Waals surface area contributed by atoms with Crippen molar-refractivity contribution in [3.05, 3.63) is 28.3 Å². The van der Waals surface area contributed by atoms with E-state index in [0.29, 0.717) is 11.7 Å². The van der Waals surface area contributed by atoms with Crippen LogP contribution in [0.2, 0.25) is 0 Å². The Balaban J connectivity index is 1.92. The Morgan fingerprint density at radius 1 is 1.33 bits per heavy atom. The van der Waals surface area contributed by atoms with Crippen LogP contribution < -0.4 is 11.1 Å². The number of nitro benzene ring substituents is 1. The standard InChI is InChI=1S/C16H23N3O2/c1-15(2)10-4-5-16(3,9-10)14(15)18-12-6-11(17)7-13(8-12)19(20)21/h6-8,10,14,18H,4-5,9,17H2,1-3H3. The van der Waals surface area contributed by atoms with Crippen LogP contribution in [0, 0.1) is 26.9 Å². The van der Waals surface area contributed by atoms with E-state index in [1.165, 1.54) is 25.3 Å². The molecule has 1 aromatic rings. The predicted molar refractivity (Wildman–Crippen MR) is 84.1 cm³/mol. The minimum atomic E-state index is -0.394. The van der Waals surface area contributed by atoms with Crippen molar-refractivity contribution >= 4 is 17.1 Å². The van der Waals surface area contributed by atoms with Gasteiger partial charge in [0.2, 0.25) is 0 Å². The Hall–Kier alpha value is -1.78. The number of nitrogens with one attached hydrogen (secondary N) is 1. The van der Waals surface area contributed by atoms with Gasteiger partial charge >= 0.3 is 0 Å². The van der Waals surface area contributed by atoms with Gasteiger partial charge in [-0.3, -0.25) is 10.1 Å². The van der Waals surface area contributed by atoms with E-state index in [0.717, 1.165) is 11.6 Å². The van der Waals surface area contributed by atoms with Crippen LogP contribution in [-0.2, 0) is 0 Å². The van der Waals surface area contributed by atoms with E-state index in [2.05, 4.69) is 26.1 Å². The molecule has 5 heteroatoms. The maximum absolute atomic E-state index is 11.0.